The first kappa shape index (κ1) is 15.0. The van der Waals surface area contributed by atoms with Gasteiger partial charge in [-0.25, -0.2) is 13.4 Å². The van der Waals surface area contributed by atoms with Crippen molar-refractivity contribution in [2.45, 2.75) is 50.1 Å². The van der Waals surface area contributed by atoms with Gasteiger partial charge in [0.25, 0.3) is 10.0 Å². The standard InChI is InChI=1S/C14H19N3O2S/c1-11-6-5-7-12(2)17(11)16-20(18,19)14-9-4-3-8-13(14)10-15/h3-4,8-9,11-12,16H,5-7H2,1-2H3. The minimum Gasteiger partial charge on any atom is -0.225 e. The largest absolute Gasteiger partial charge is 0.254 e. The van der Waals surface area contributed by atoms with Crippen molar-refractivity contribution >= 4 is 10.0 Å². The van der Waals surface area contributed by atoms with E-state index in [9.17, 15) is 8.42 Å². The van der Waals surface area contributed by atoms with Gasteiger partial charge >= 0.3 is 0 Å². The maximum atomic E-state index is 12.5. The normalized spacial score (nSPS) is 24.2. The van der Waals surface area contributed by atoms with E-state index in [0.29, 0.717) is 0 Å². The molecule has 0 amide bonds. The fourth-order valence-electron chi connectivity index (χ4n) is 2.58. The Labute approximate surface area is 120 Å². The molecule has 2 atom stereocenters. The second-order valence-corrected chi connectivity index (χ2v) is 6.87. The fourth-order valence-corrected chi connectivity index (χ4v) is 3.98. The SMILES string of the molecule is CC1CCCC(C)N1NS(=O)(=O)c1ccccc1C#N. The molecule has 1 aliphatic heterocycles. The predicted octanol–water partition coefficient (Wildman–Crippen LogP) is 2.01. The molecule has 1 saturated heterocycles. The van der Waals surface area contributed by atoms with Crippen LogP contribution in [0.1, 0.15) is 38.7 Å². The smallest absolute Gasteiger partial charge is 0.225 e. The van der Waals surface area contributed by atoms with E-state index < -0.39 is 10.0 Å². The number of hydrogen-bond donors (Lipinski definition) is 1. The van der Waals surface area contributed by atoms with Crippen molar-refractivity contribution in [3.63, 3.8) is 0 Å². The van der Waals surface area contributed by atoms with Gasteiger partial charge in [-0.05, 0) is 38.8 Å². The number of sulfonamides is 1. The molecule has 1 aliphatic rings. The summed E-state index contributed by atoms with van der Waals surface area (Å²) < 4.78 is 24.9. The molecule has 0 saturated carbocycles. The van der Waals surface area contributed by atoms with Crippen molar-refractivity contribution in [2.75, 3.05) is 0 Å². The zero-order valence-electron chi connectivity index (χ0n) is 11.7. The van der Waals surface area contributed by atoms with Gasteiger partial charge in [0.05, 0.1) is 5.56 Å². The Morgan fingerprint density at radius 3 is 2.45 bits per heavy atom. The lowest BCUT2D eigenvalue weighted by Gasteiger charge is -2.38. The highest BCUT2D eigenvalue weighted by molar-refractivity contribution is 7.89. The number of nitriles is 1. The highest BCUT2D eigenvalue weighted by Crippen LogP contribution is 2.22. The van der Waals surface area contributed by atoms with Crippen LogP contribution in [0.2, 0.25) is 0 Å². The Morgan fingerprint density at radius 1 is 1.25 bits per heavy atom. The van der Waals surface area contributed by atoms with Gasteiger partial charge in [0, 0.05) is 12.1 Å². The Kier molecular flexibility index (Phi) is 4.43. The van der Waals surface area contributed by atoms with Crippen molar-refractivity contribution in [3.8, 4) is 6.07 Å². The van der Waals surface area contributed by atoms with Crippen molar-refractivity contribution in [1.82, 2.24) is 9.84 Å². The molecular formula is C14H19N3O2S. The van der Waals surface area contributed by atoms with Crippen LogP contribution in [0, 0.1) is 11.3 Å². The maximum Gasteiger partial charge on any atom is 0.254 e. The number of nitrogens with one attached hydrogen (secondary N) is 1. The summed E-state index contributed by atoms with van der Waals surface area (Å²) in [5.74, 6) is 0. The molecule has 2 unspecified atom stereocenters. The van der Waals surface area contributed by atoms with Crippen LogP contribution in [-0.2, 0) is 10.0 Å². The van der Waals surface area contributed by atoms with Crippen LogP contribution in [-0.4, -0.2) is 25.5 Å². The highest BCUT2D eigenvalue weighted by atomic mass is 32.2. The number of nitrogens with zero attached hydrogens (tertiary/aromatic N) is 2. The second kappa shape index (κ2) is 5.92. The van der Waals surface area contributed by atoms with Crippen LogP contribution in [0.5, 0.6) is 0 Å². The first-order valence-corrected chi connectivity index (χ1v) is 8.24. The summed E-state index contributed by atoms with van der Waals surface area (Å²) in [6.07, 6.45) is 3.04. The van der Waals surface area contributed by atoms with Crippen LogP contribution < -0.4 is 4.83 Å². The van der Waals surface area contributed by atoms with Crippen LogP contribution in [0.15, 0.2) is 29.2 Å². The van der Waals surface area contributed by atoms with Gasteiger partial charge in [0.1, 0.15) is 11.0 Å². The minimum absolute atomic E-state index is 0.0347. The van der Waals surface area contributed by atoms with Gasteiger partial charge in [-0.2, -0.15) is 5.26 Å². The zero-order chi connectivity index (χ0) is 14.8. The van der Waals surface area contributed by atoms with E-state index in [4.69, 9.17) is 5.26 Å². The molecule has 1 heterocycles. The summed E-state index contributed by atoms with van der Waals surface area (Å²) in [4.78, 5) is 2.67. The summed E-state index contributed by atoms with van der Waals surface area (Å²) in [6, 6.07) is 8.48. The quantitative estimate of drug-likeness (QED) is 0.925. The molecule has 108 valence electrons. The summed E-state index contributed by atoms with van der Waals surface area (Å²) >= 11 is 0. The van der Waals surface area contributed by atoms with E-state index in [2.05, 4.69) is 4.83 Å². The average molecular weight is 293 g/mol. The van der Waals surface area contributed by atoms with E-state index in [0.717, 1.165) is 19.3 Å². The molecule has 20 heavy (non-hydrogen) atoms. The van der Waals surface area contributed by atoms with Crippen molar-refractivity contribution in [2.24, 2.45) is 0 Å². The molecule has 1 aromatic carbocycles. The first-order valence-electron chi connectivity index (χ1n) is 6.75. The molecule has 1 N–H and O–H groups in total. The lowest BCUT2D eigenvalue weighted by molar-refractivity contribution is 0.0790. The second-order valence-electron chi connectivity index (χ2n) is 5.24. The number of hydrazine groups is 1. The third-order valence-electron chi connectivity index (χ3n) is 3.72. The van der Waals surface area contributed by atoms with Crippen molar-refractivity contribution in [1.29, 1.82) is 5.26 Å². The van der Waals surface area contributed by atoms with Gasteiger partial charge in [0.2, 0.25) is 0 Å². The van der Waals surface area contributed by atoms with Crippen LogP contribution >= 0.6 is 0 Å². The number of piperidine rings is 1. The van der Waals surface area contributed by atoms with Crippen LogP contribution in [0.25, 0.3) is 0 Å². The summed E-state index contributed by atoms with van der Waals surface area (Å²) in [6.45, 7) is 4.02. The van der Waals surface area contributed by atoms with Crippen molar-refractivity contribution < 1.29 is 8.42 Å². The van der Waals surface area contributed by atoms with Gasteiger partial charge in [-0.1, -0.05) is 18.6 Å². The van der Waals surface area contributed by atoms with Crippen LogP contribution in [0.4, 0.5) is 0 Å². The van der Waals surface area contributed by atoms with Gasteiger partial charge in [-0.3, -0.25) is 0 Å². The van der Waals surface area contributed by atoms with E-state index in [1.807, 2.05) is 19.9 Å². The lowest BCUT2D eigenvalue weighted by atomic mass is 10.0. The van der Waals surface area contributed by atoms with E-state index in [1.165, 1.54) is 12.1 Å². The lowest BCUT2D eigenvalue weighted by Crippen LogP contribution is -2.54. The predicted molar refractivity (Wildman–Crippen MR) is 76.1 cm³/mol. The molecule has 1 fully saturated rings. The van der Waals surface area contributed by atoms with Gasteiger partial charge < -0.3 is 0 Å². The molecule has 0 aromatic heterocycles. The molecule has 2 rings (SSSR count). The Morgan fingerprint density at radius 2 is 1.85 bits per heavy atom. The molecular weight excluding hydrogens is 274 g/mol. The summed E-state index contributed by atoms with van der Waals surface area (Å²) in [5.41, 5.74) is 0.164. The molecule has 0 spiro atoms. The maximum absolute atomic E-state index is 12.5. The Balaban J connectivity index is 2.29. The van der Waals surface area contributed by atoms with E-state index in [1.54, 1.807) is 17.1 Å². The third-order valence-corrected chi connectivity index (χ3v) is 5.10. The van der Waals surface area contributed by atoms with Crippen molar-refractivity contribution in [3.05, 3.63) is 29.8 Å². The van der Waals surface area contributed by atoms with E-state index >= 15 is 0 Å². The summed E-state index contributed by atoms with van der Waals surface area (Å²) in [7, 11) is -3.72. The third kappa shape index (κ3) is 3.01. The molecule has 0 bridgehead atoms. The highest BCUT2D eigenvalue weighted by Gasteiger charge is 2.30. The molecule has 1 aromatic rings. The number of hydrogen-bond acceptors (Lipinski definition) is 4. The molecule has 0 radical (unpaired) electrons. The monoisotopic (exact) mass is 293 g/mol. The zero-order valence-corrected chi connectivity index (χ0v) is 12.5. The van der Waals surface area contributed by atoms with Gasteiger partial charge in [0.15, 0.2) is 0 Å². The first-order chi connectivity index (χ1) is 9.45. The van der Waals surface area contributed by atoms with E-state index in [-0.39, 0.29) is 22.5 Å². The summed E-state index contributed by atoms with van der Waals surface area (Å²) in [5, 5.41) is 10.8. The van der Waals surface area contributed by atoms with Gasteiger partial charge in [-0.15, -0.1) is 4.83 Å². The topological polar surface area (TPSA) is 73.2 Å². The molecule has 6 heteroatoms. The molecule has 5 nitrogen and oxygen atoms in total. The minimum atomic E-state index is -3.72. The molecule has 0 aliphatic carbocycles. The average Bonchev–Trinajstić information content (AvgIpc) is 2.43. The van der Waals surface area contributed by atoms with Crippen LogP contribution in [0.3, 0.4) is 0 Å². The Hall–Kier alpha value is -1.42. The fraction of sp³-hybridized carbons (Fsp3) is 0.500. The number of rotatable bonds is 3. The number of benzene rings is 1. The Bertz CT molecular complexity index is 612.